The van der Waals surface area contributed by atoms with Crippen LogP contribution in [0.25, 0.3) is 0 Å². The van der Waals surface area contributed by atoms with Crippen LogP contribution in [0.2, 0.25) is 0 Å². The van der Waals surface area contributed by atoms with Crippen LogP contribution in [0.3, 0.4) is 0 Å². The second-order valence-corrected chi connectivity index (χ2v) is 4.41. The fraction of sp³-hybridized carbons (Fsp3) is 0.417. The van der Waals surface area contributed by atoms with E-state index in [0.717, 1.165) is 25.3 Å². The standard InChI is InChI=1S/C12H15ClN2O.2ClH/c1-9-8-14-6-7-15(9)11-4-2-10(3-5-11)12(13)16;;/h2-5,9,14H,6-8H2,1H3;2*1H. The van der Waals surface area contributed by atoms with Crippen LogP contribution in [0.15, 0.2) is 24.3 Å². The monoisotopic (exact) mass is 310 g/mol. The zero-order valence-corrected chi connectivity index (χ0v) is 12.4. The Labute approximate surface area is 125 Å². The molecule has 1 heterocycles. The van der Waals surface area contributed by atoms with Crippen molar-refractivity contribution in [2.24, 2.45) is 0 Å². The zero-order valence-electron chi connectivity index (χ0n) is 10.1. The molecule has 1 fully saturated rings. The van der Waals surface area contributed by atoms with Gasteiger partial charge in [-0.3, -0.25) is 4.79 Å². The molecule has 0 saturated carbocycles. The third-order valence-corrected chi connectivity index (χ3v) is 3.15. The summed E-state index contributed by atoms with van der Waals surface area (Å²) in [5.74, 6) is 0. The van der Waals surface area contributed by atoms with Crippen molar-refractivity contribution in [2.75, 3.05) is 24.5 Å². The summed E-state index contributed by atoms with van der Waals surface area (Å²) < 4.78 is 0. The number of halogens is 3. The molecule has 1 unspecified atom stereocenters. The summed E-state index contributed by atoms with van der Waals surface area (Å²) in [4.78, 5) is 13.3. The zero-order chi connectivity index (χ0) is 11.5. The molecule has 0 spiro atoms. The van der Waals surface area contributed by atoms with Crippen LogP contribution < -0.4 is 10.2 Å². The van der Waals surface area contributed by atoms with E-state index in [-0.39, 0.29) is 24.8 Å². The highest BCUT2D eigenvalue weighted by Gasteiger charge is 2.18. The Bertz CT molecular complexity index is 383. The van der Waals surface area contributed by atoms with Gasteiger partial charge in [-0.05, 0) is 42.8 Å². The predicted octanol–water partition coefficient (Wildman–Crippen LogP) is 2.71. The van der Waals surface area contributed by atoms with Gasteiger partial charge in [-0.15, -0.1) is 24.8 Å². The van der Waals surface area contributed by atoms with E-state index in [9.17, 15) is 4.79 Å². The maximum Gasteiger partial charge on any atom is 0.252 e. The minimum atomic E-state index is -0.403. The summed E-state index contributed by atoms with van der Waals surface area (Å²) >= 11 is 5.41. The molecule has 0 bridgehead atoms. The van der Waals surface area contributed by atoms with Crippen molar-refractivity contribution in [3.8, 4) is 0 Å². The first-order valence-corrected chi connectivity index (χ1v) is 5.83. The number of carbonyl (C=O) groups excluding carboxylic acids is 1. The molecular formula is C12H17Cl3N2O. The SMILES string of the molecule is CC1CNCCN1c1ccc(C(=O)Cl)cc1.Cl.Cl. The van der Waals surface area contributed by atoms with E-state index >= 15 is 0 Å². The van der Waals surface area contributed by atoms with Crippen LogP contribution in [-0.2, 0) is 0 Å². The number of rotatable bonds is 2. The Kier molecular flexibility index (Phi) is 7.64. The Morgan fingerprint density at radius 3 is 2.44 bits per heavy atom. The molecule has 1 aliphatic rings. The topological polar surface area (TPSA) is 32.3 Å². The van der Waals surface area contributed by atoms with Crippen LogP contribution in [0.1, 0.15) is 17.3 Å². The number of nitrogens with zero attached hydrogens (tertiary/aromatic N) is 1. The van der Waals surface area contributed by atoms with Gasteiger partial charge in [0.15, 0.2) is 0 Å². The average molecular weight is 312 g/mol. The largest absolute Gasteiger partial charge is 0.366 e. The van der Waals surface area contributed by atoms with Gasteiger partial charge in [-0.1, -0.05) is 0 Å². The second-order valence-electron chi connectivity index (χ2n) is 4.07. The van der Waals surface area contributed by atoms with Crippen LogP contribution in [0.5, 0.6) is 0 Å². The Morgan fingerprint density at radius 1 is 1.33 bits per heavy atom. The molecule has 1 atom stereocenters. The summed E-state index contributed by atoms with van der Waals surface area (Å²) in [5.41, 5.74) is 1.70. The van der Waals surface area contributed by atoms with Gasteiger partial charge in [0, 0.05) is 36.9 Å². The summed E-state index contributed by atoms with van der Waals surface area (Å²) in [7, 11) is 0. The van der Waals surface area contributed by atoms with E-state index in [2.05, 4.69) is 17.1 Å². The molecule has 1 aromatic carbocycles. The lowest BCUT2D eigenvalue weighted by atomic mass is 10.1. The van der Waals surface area contributed by atoms with Gasteiger partial charge >= 0.3 is 0 Å². The van der Waals surface area contributed by atoms with Crippen LogP contribution in [0, 0.1) is 0 Å². The lowest BCUT2D eigenvalue weighted by Crippen LogP contribution is -2.49. The predicted molar refractivity (Wildman–Crippen MR) is 80.8 cm³/mol. The van der Waals surface area contributed by atoms with E-state index in [4.69, 9.17) is 11.6 Å². The van der Waals surface area contributed by atoms with Gasteiger partial charge in [-0.25, -0.2) is 0 Å². The summed E-state index contributed by atoms with van der Waals surface area (Å²) in [6.07, 6.45) is 0. The molecule has 0 amide bonds. The lowest BCUT2D eigenvalue weighted by Gasteiger charge is -2.35. The molecule has 0 aliphatic carbocycles. The van der Waals surface area contributed by atoms with Gasteiger partial charge < -0.3 is 10.2 Å². The van der Waals surface area contributed by atoms with Crippen LogP contribution in [0.4, 0.5) is 5.69 Å². The number of nitrogens with one attached hydrogen (secondary N) is 1. The van der Waals surface area contributed by atoms with Crippen molar-refractivity contribution in [1.82, 2.24) is 5.32 Å². The van der Waals surface area contributed by atoms with Crippen molar-refractivity contribution in [1.29, 1.82) is 0 Å². The van der Waals surface area contributed by atoms with Gasteiger partial charge in [0.05, 0.1) is 0 Å². The molecule has 0 radical (unpaired) electrons. The molecule has 2 rings (SSSR count). The third kappa shape index (κ3) is 4.02. The first kappa shape index (κ1) is 17.5. The Morgan fingerprint density at radius 2 is 1.94 bits per heavy atom. The molecule has 1 aromatic rings. The highest BCUT2D eigenvalue weighted by molar-refractivity contribution is 6.67. The van der Waals surface area contributed by atoms with E-state index < -0.39 is 5.24 Å². The summed E-state index contributed by atoms with van der Waals surface area (Å²) in [5, 5.41) is 2.94. The van der Waals surface area contributed by atoms with Crippen molar-refractivity contribution < 1.29 is 4.79 Å². The number of piperazine rings is 1. The van der Waals surface area contributed by atoms with E-state index in [1.54, 1.807) is 12.1 Å². The fourth-order valence-corrected chi connectivity index (χ4v) is 2.13. The quantitative estimate of drug-likeness (QED) is 0.852. The third-order valence-electron chi connectivity index (χ3n) is 2.93. The number of anilines is 1. The van der Waals surface area contributed by atoms with Gasteiger partial charge in [0.2, 0.25) is 0 Å². The molecular weight excluding hydrogens is 295 g/mol. The Hall–Kier alpha value is -0.480. The van der Waals surface area contributed by atoms with E-state index in [1.165, 1.54) is 0 Å². The van der Waals surface area contributed by atoms with Crippen molar-refractivity contribution >= 4 is 47.3 Å². The van der Waals surface area contributed by atoms with Gasteiger partial charge in [0.25, 0.3) is 5.24 Å². The highest BCUT2D eigenvalue weighted by atomic mass is 35.5. The number of benzene rings is 1. The smallest absolute Gasteiger partial charge is 0.252 e. The van der Waals surface area contributed by atoms with Crippen molar-refractivity contribution in [3.05, 3.63) is 29.8 Å². The first-order valence-electron chi connectivity index (χ1n) is 5.46. The molecule has 18 heavy (non-hydrogen) atoms. The van der Waals surface area contributed by atoms with Crippen LogP contribution in [-0.4, -0.2) is 30.9 Å². The average Bonchev–Trinajstić information content (AvgIpc) is 2.30. The van der Waals surface area contributed by atoms with Gasteiger partial charge in [-0.2, -0.15) is 0 Å². The molecule has 0 aromatic heterocycles. The molecule has 6 heteroatoms. The molecule has 1 N–H and O–H groups in total. The molecule has 102 valence electrons. The van der Waals surface area contributed by atoms with Gasteiger partial charge in [0.1, 0.15) is 0 Å². The maximum atomic E-state index is 10.9. The van der Waals surface area contributed by atoms with Crippen molar-refractivity contribution in [3.63, 3.8) is 0 Å². The minimum absolute atomic E-state index is 0. The number of hydrogen-bond donors (Lipinski definition) is 1. The fourth-order valence-electron chi connectivity index (χ4n) is 2.01. The molecule has 1 aliphatic heterocycles. The normalized spacial score (nSPS) is 18.6. The first-order chi connectivity index (χ1) is 7.68. The second kappa shape index (κ2) is 7.85. The maximum absolute atomic E-state index is 10.9. The van der Waals surface area contributed by atoms with E-state index in [0.29, 0.717) is 11.6 Å². The van der Waals surface area contributed by atoms with E-state index in [1.807, 2.05) is 12.1 Å². The number of carbonyl (C=O) groups is 1. The Balaban J connectivity index is 0.00000144. The molecule has 3 nitrogen and oxygen atoms in total. The lowest BCUT2D eigenvalue weighted by molar-refractivity contribution is 0.108. The summed E-state index contributed by atoms with van der Waals surface area (Å²) in [6, 6.07) is 7.94. The van der Waals surface area contributed by atoms with Crippen molar-refractivity contribution in [2.45, 2.75) is 13.0 Å². The minimum Gasteiger partial charge on any atom is -0.366 e. The molecule has 1 saturated heterocycles. The number of hydrogen-bond acceptors (Lipinski definition) is 3. The summed E-state index contributed by atoms with van der Waals surface area (Å²) in [6.45, 7) is 5.18. The van der Waals surface area contributed by atoms with Crippen LogP contribution >= 0.6 is 36.4 Å². The highest BCUT2D eigenvalue weighted by Crippen LogP contribution is 2.19.